The van der Waals surface area contributed by atoms with Gasteiger partial charge in [0.15, 0.2) is 0 Å². The highest BCUT2D eigenvalue weighted by Gasteiger charge is 2.36. The minimum absolute atomic E-state index is 0.0666. The maximum absolute atomic E-state index is 12.7. The molecule has 1 aromatic rings. The normalized spacial score (nSPS) is 16.0. The third-order valence-corrected chi connectivity index (χ3v) is 3.93. The maximum Gasteiger partial charge on any atom is 0.326 e. The number of hydrogen-bond donors (Lipinski definition) is 2. The Balaban J connectivity index is 2.25. The molecule has 2 N–H and O–H groups in total. The van der Waals surface area contributed by atoms with E-state index in [9.17, 15) is 19.5 Å². The molecule has 1 aromatic carbocycles. The first-order valence-electron chi connectivity index (χ1n) is 7.44. The van der Waals surface area contributed by atoms with Gasteiger partial charge in [0.25, 0.3) is 0 Å². The summed E-state index contributed by atoms with van der Waals surface area (Å²) in [6, 6.07) is 5.78. The fourth-order valence-electron chi connectivity index (χ4n) is 2.71. The predicted octanol–water partition coefficient (Wildman–Crippen LogP) is 1.03. The van der Waals surface area contributed by atoms with Gasteiger partial charge >= 0.3 is 18.0 Å². The summed E-state index contributed by atoms with van der Waals surface area (Å²) in [5, 5.41) is 18.3. The summed E-state index contributed by atoms with van der Waals surface area (Å²) in [6.45, 7) is 0.0135. The molecule has 1 aliphatic rings. The number of urea groups is 1. The van der Waals surface area contributed by atoms with Gasteiger partial charge in [-0.3, -0.25) is 4.79 Å². The van der Waals surface area contributed by atoms with Gasteiger partial charge < -0.3 is 20.0 Å². The van der Waals surface area contributed by atoms with Crippen LogP contribution >= 0.6 is 0 Å². The second-order valence-corrected chi connectivity index (χ2v) is 5.51. The maximum atomic E-state index is 12.7. The van der Waals surface area contributed by atoms with Crippen LogP contribution in [0.15, 0.2) is 24.3 Å². The molecule has 0 saturated carbocycles. The Morgan fingerprint density at radius 1 is 1.25 bits per heavy atom. The average Bonchev–Trinajstić information content (AvgIpc) is 2.56. The third kappa shape index (κ3) is 3.84. The zero-order valence-corrected chi connectivity index (χ0v) is 13.0. The summed E-state index contributed by atoms with van der Waals surface area (Å²) in [5.41, 5.74) is 1.77. The quantitative estimate of drug-likeness (QED) is 0.786. The number of terminal acetylenes is 1. The minimum Gasteiger partial charge on any atom is -0.481 e. The molecule has 24 heavy (non-hydrogen) atoms. The highest BCUT2D eigenvalue weighted by atomic mass is 16.4. The van der Waals surface area contributed by atoms with Crippen molar-refractivity contribution in [2.45, 2.75) is 25.4 Å². The van der Waals surface area contributed by atoms with Gasteiger partial charge in [0.2, 0.25) is 0 Å². The fourth-order valence-corrected chi connectivity index (χ4v) is 2.71. The molecule has 0 fully saturated rings. The molecular formula is C17H18N2O5. The van der Waals surface area contributed by atoms with E-state index in [1.165, 1.54) is 9.80 Å². The number of benzene rings is 1. The Bertz CT molecular complexity index is 694. The van der Waals surface area contributed by atoms with Crippen LogP contribution in [0.25, 0.3) is 0 Å². The van der Waals surface area contributed by atoms with Gasteiger partial charge in [-0.25, -0.2) is 9.59 Å². The van der Waals surface area contributed by atoms with Gasteiger partial charge in [0.1, 0.15) is 6.04 Å². The highest BCUT2D eigenvalue weighted by molar-refractivity contribution is 5.84. The van der Waals surface area contributed by atoms with E-state index in [2.05, 4.69) is 5.92 Å². The molecule has 0 aliphatic carbocycles. The Kier molecular flexibility index (Phi) is 5.42. The molecule has 126 valence electrons. The van der Waals surface area contributed by atoms with E-state index < -0.39 is 24.0 Å². The number of carboxylic acids is 2. The molecule has 7 nitrogen and oxygen atoms in total. The van der Waals surface area contributed by atoms with Crippen LogP contribution in [0.1, 0.15) is 17.5 Å². The van der Waals surface area contributed by atoms with E-state index in [4.69, 9.17) is 11.5 Å². The summed E-state index contributed by atoms with van der Waals surface area (Å²) < 4.78 is 0. The molecule has 0 bridgehead atoms. The summed E-state index contributed by atoms with van der Waals surface area (Å²) in [4.78, 5) is 37.5. The first kappa shape index (κ1) is 17.3. The van der Waals surface area contributed by atoms with Crippen LogP contribution in [0.2, 0.25) is 0 Å². The lowest BCUT2D eigenvalue weighted by Crippen LogP contribution is -2.53. The van der Waals surface area contributed by atoms with Gasteiger partial charge in [-0.05, 0) is 11.1 Å². The molecule has 0 spiro atoms. The topological polar surface area (TPSA) is 98.2 Å². The fraction of sp³-hybridized carbons (Fsp3) is 0.353. The van der Waals surface area contributed by atoms with Crippen LogP contribution in [-0.4, -0.2) is 57.1 Å². The molecule has 1 aliphatic heterocycles. The van der Waals surface area contributed by atoms with E-state index in [0.717, 1.165) is 11.1 Å². The largest absolute Gasteiger partial charge is 0.481 e. The lowest BCUT2D eigenvalue weighted by atomic mass is 9.94. The first-order valence-corrected chi connectivity index (χ1v) is 7.44. The SMILES string of the molecule is C#CCN(CCC(=O)O)C(=O)N1Cc2ccccc2C[C@H]1C(=O)O. The van der Waals surface area contributed by atoms with Gasteiger partial charge in [-0.1, -0.05) is 30.2 Å². The molecule has 0 saturated heterocycles. The molecule has 2 amide bonds. The van der Waals surface area contributed by atoms with Crippen LogP contribution in [0, 0.1) is 12.3 Å². The van der Waals surface area contributed by atoms with Gasteiger partial charge in [-0.2, -0.15) is 0 Å². The van der Waals surface area contributed by atoms with E-state index >= 15 is 0 Å². The van der Waals surface area contributed by atoms with Crippen molar-refractivity contribution in [2.75, 3.05) is 13.1 Å². The third-order valence-electron chi connectivity index (χ3n) is 3.93. The molecule has 7 heteroatoms. The number of rotatable bonds is 5. The summed E-state index contributed by atoms with van der Waals surface area (Å²) >= 11 is 0. The lowest BCUT2D eigenvalue weighted by molar-refractivity contribution is -0.143. The van der Waals surface area contributed by atoms with Crippen LogP contribution in [0.4, 0.5) is 4.79 Å². The van der Waals surface area contributed by atoms with Gasteiger partial charge in [0, 0.05) is 19.5 Å². The number of aliphatic carboxylic acids is 2. The Hall–Kier alpha value is -3.01. The molecule has 0 radical (unpaired) electrons. The van der Waals surface area contributed by atoms with Crippen LogP contribution in [0.3, 0.4) is 0 Å². The van der Waals surface area contributed by atoms with Crippen LogP contribution in [-0.2, 0) is 22.6 Å². The van der Waals surface area contributed by atoms with Crippen molar-refractivity contribution in [2.24, 2.45) is 0 Å². The minimum atomic E-state index is -1.10. The number of fused-ring (bicyclic) bond motifs is 1. The number of nitrogens with zero attached hydrogens (tertiary/aromatic N) is 2. The van der Waals surface area contributed by atoms with E-state index in [-0.39, 0.29) is 32.5 Å². The molecule has 2 rings (SSSR count). The van der Waals surface area contributed by atoms with Crippen molar-refractivity contribution in [3.63, 3.8) is 0 Å². The van der Waals surface area contributed by atoms with E-state index in [1.54, 1.807) is 0 Å². The van der Waals surface area contributed by atoms with Gasteiger partial charge in [-0.15, -0.1) is 6.42 Å². The van der Waals surface area contributed by atoms with Crippen molar-refractivity contribution in [3.05, 3.63) is 35.4 Å². The van der Waals surface area contributed by atoms with Crippen molar-refractivity contribution >= 4 is 18.0 Å². The number of hydrogen-bond acceptors (Lipinski definition) is 3. The van der Waals surface area contributed by atoms with E-state index in [1.807, 2.05) is 24.3 Å². The van der Waals surface area contributed by atoms with Gasteiger partial charge in [0.05, 0.1) is 13.0 Å². The summed E-state index contributed by atoms with van der Waals surface area (Å²) in [7, 11) is 0. The molecule has 1 heterocycles. The zero-order valence-electron chi connectivity index (χ0n) is 13.0. The molecule has 0 aromatic heterocycles. The Labute approximate surface area is 139 Å². The average molecular weight is 330 g/mol. The van der Waals surface area contributed by atoms with Crippen LogP contribution < -0.4 is 0 Å². The number of amides is 2. The molecule has 0 unspecified atom stereocenters. The molecule has 1 atom stereocenters. The number of carbonyl (C=O) groups excluding carboxylic acids is 1. The Morgan fingerprint density at radius 3 is 2.50 bits per heavy atom. The van der Waals surface area contributed by atoms with Crippen LogP contribution in [0.5, 0.6) is 0 Å². The number of carboxylic acid groups (broad SMARTS) is 2. The van der Waals surface area contributed by atoms with Crippen molar-refractivity contribution in [1.82, 2.24) is 9.80 Å². The van der Waals surface area contributed by atoms with Crippen molar-refractivity contribution < 1.29 is 24.6 Å². The highest BCUT2D eigenvalue weighted by Crippen LogP contribution is 2.24. The standard InChI is InChI=1S/C17H18N2O5/c1-2-8-18(9-7-15(20)21)17(24)19-11-13-6-4-3-5-12(13)10-14(19)16(22)23/h1,3-6,14H,7-11H2,(H,20,21)(H,22,23)/t14-/m0/s1. The zero-order chi connectivity index (χ0) is 17.7. The summed E-state index contributed by atoms with van der Waals surface area (Å²) in [6.07, 6.45) is 5.20. The second-order valence-electron chi connectivity index (χ2n) is 5.51. The van der Waals surface area contributed by atoms with Crippen molar-refractivity contribution in [1.29, 1.82) is 0 Å². The predicted molar refractivity (Wildman–Crippen MR) is 85.2 cm³/mol. The summed E-state index contributed by atoms with van der Waals surface area (Å²) in [5.74, 6) is 0.160. The van der Waals surface area contributed by atoms with Crippen molar-refractivity contribution in [3.8, 4) is 12.3 Å². The first-order chi connectivity index (χ1) is 11.4. The van der Waals surface area contributed by atoms with E-state index in [0.29, 0.717) is 0 Å². The monoisotopic (exact) mass is 330 g/mol. The molecular weight excluding hydrogens is 312 g/mol. The smallest absolute Gasteiger partial charge is 0.326 e. The second kappa shape index (κ2) is 7.51. The number of carbonyl (C=O) groups is 3. The Morgan fingerprint density at radius 2 is 1.92 bits per heavy atom. The lowest BCUT2D eigenvalue weighted by Gasteiger charge is -2.37.